The number of carbonyl (C=O) groups excluding carboxylic acids is 1. The van der Waals surface area contributed by atoms with E-state index in [1.807, 2.05) is 43.7 Å². The highest BCUT2D eigenvalue weighted by Crippen LogP contribution is 2.32. The number of benzene rings is 1. The van der Waals surface area contributed by atoms with E-state index in [2.05, 4.69) is 25.9 Å². The number of nitrogens with zero attached hydrogens (tertiary/aromatic N) is 4. The van der Waals surface area contributed by atoms with Gasteiger partial charge in [-0.2, -0.15) is 10.1 Å². The number of methoxy groups -OCH3 is 1. The SMILES string of the molecule is COc1ccccc1C(NC(=O)[C@H]1CNC[C@@H]1c1cnn(C)c1)c1noc(C)n1.Cl. The van der Waals surface area contributed by atoms with E-state index >= 15 is 0 Å². The maximum atomic E-state index is 13.3. The van der Waals surface area contributed by atoms with Gasteiger partial charge in [0.15, 0.2) is 5.82 Å². The summed E-state index contributed by atoms with van der Waals surface area (Å²) in [5.41, 5.74) is 1.81. The number of para-hydroxylation sites is 1. The average Bonchev–Trinajstić information content (AvgIpc) is 3.46. The highest BCUT2D eigenvalue weighted by Gasteiger charge is 2.37. The van der Waals surface area contributed by atoms with Crippen LogP contribution in [0.15, 0.2) is 41.2 Å². The summed E-state index contributed by atoms with van der Waals surface area (Å²) in [7, 11) is 3.47. The van der Waals surface area contributed by atoms with Crippen LogP contribution in [0.1, 0.15) is 34.8 Å². The molecule has 1 aliphatic heterocycles. The monoisotopic (exact) mass is 432 g/mol. The molecule has 1 saturated heterocycles. The summed E-state index contributed by atoms with van der Waals surface area (Å²) in [4.78, 5) is 17.6. The topological polar surface area (TPSA) is 107 Å². The van der Waals surface area contributed by atoms with E-state index in [-0.39, 0.29) is 30.2 Å². The van der Waals surface area contributed by atoms with Crippen molar-refractivity contribution in [2.45, 2.75) is 18.9 Å². The molecule has 1 fully saturated rings. The van der Waals surface area contributed by atoms with Crippen LogP contribution in [0.25, 0.3) is 0 Å². The number of ether oxygens (including phenoxy) is 1. The fourth-order valence-electron chi connectivity index (χ4n) is 3.80. The number of halogens is 1. The Morgan fingerprint density at radius 3 is 2.83 bits per heavy atom. The molecule has 0 aliphatic carbocycles. The van der Waals surface area contributed by atoms with Gasteiger partial charge in [0.05, 0.1) is 19.2 Å². The van der Waals surface area contributed by atoms with Crippen LogP contribution in [0.4, 0.5) is 0 Å². The summed E-state index contributed by atoms with van der Waals surface area (Å²) < 4.78 is 12.4. The van der Waals surface area contributed by atoms with E-state index in [1.165, 1.54) is 0 Å². The molecule has 0 radical (unpaired) electrons. The summed E-state index contributed by atoms with van der Waals surface area (Å²) >= 11 is 0. The maximum Gasteiger partial charge on any atom is 0.225 e. The molecule has 1 aliphatic rings. The van der Waals surface area contributed by atoms with Gasteiger partial charge in [-0.25, -0.2) is 0 Å². The van der Waals surface area contributed by atoms with Crippen molar-refractivity contribution in [2.24, 2.45) is 13.0 Å². The molecule has 3 aromatic rings. The molecule has 3 atom stereocenters. The fourth-order valence-corrected chi connectivity index (χ4v) is 3.80. The predicted octanol–water partition coefficient (Wildman–Crippen LogP) is 1.75. The second kappa shape index (κ2) is 9.27. The number of hydrogen-bond acceptors (Lipinski definition) is 7. The summed E-state index contributed by atoms with van der Waals surface area (Å²) in [6, 6.07) is 6.92. The van der Waals surface area contributed by atoms with Crippen LogP contribution in [0, 0.1) is 12.8 Å². The van der Waals surface area contributed by atoms with E-state index < -0.39 is 6.04 Å². The van der Waals surface area contributed by atoms with Gasteiger partial charge < -0.3 is 19.9 Å². The zero-order valence-corrected chi connectivity index (χ0v) is 17.8. The highest BCUT2D eigenvalue weighted by atomic mass is 35.5. The molecule has 0 bridgehead atoms. The molecule has 1 aromatic carbocycles. The third kappa shape index (κ3) is 4.31. The maximum absolute atomic E-state index is 13.3. The number of amides is 1. The Bertz CT molecular complexity index is 1000. The van der Waals surface area contributed by atoms with E-state index in [1.54, 1.807) is 18.7 Å². The first kappa shape index (κ1) is 21.8. The fraction of sp³-hybridized carbons (Fsp3) is 0.400. The Balaban J connectivity index is 0.00000256. The van der Waals surface area contributed by atoms with Crippen molar-refractivity contribution in [3.8, 4) is 5.75 Å². The Kier molecular flexibility index (Phi) is 6.73. The molecule has 4 rings (SSSR count). The summed E-state index contributed by atoms with van der Waals surface area (Å²) in [6.45, 7) is 3.04. The minimum atomic E-state index is -0.578. The standard InChI is InChI=1S/C20H24N6O3.ClH/c1-12-23-19(25-29-12)18(14-6-4-5-7-17(14)28-3)24-20(27)16-10-21-9-15(16)13-8-22-26(2)11-13;/h4-8,11,15-16,18,21H,9-10H2,1-3H3,(H,24,27);1H/t15-,16+,18?;/m1./s1. The highest BCUT2D eigenvalue weighted by molar-refractivity contribution is 5.85. The van der Waals surface area contributed by atoms with Crippen LogP contribution in [-0.2, 0) is 11.8 Å². The largest absolute Gasteiger partial charge is 0.496 e. The smallest absolute Gasteiger partial charge is 0.225 e. The number of rotatable bonds is 6. The van der Waals surface area contributed by atoms with Crippen LogP contribution in [0.5, 0.6) is 5.75 Å². The molecule has 9 nitrogen and oxygen atoms in total. The Morgan fingerprint density at radius 2 is 2.17 bits per heavy atom. The van der Waals surface area contributed by atoms with Gasteiger partial charge in [0.25, 0.3) is 0 Å². The third-order valence-corrected chi connectivity index (χ3v) is 5.24. The zero-order valence-electron chi connectivity index (χ0n) is 17.0. The lowest BCUT2D eigenvalue weighted by Crippen LogP contribution is -2.38. The van der Waals surface area contributed by atoms with E-state index in [4.69, 9.17) is 9.26 Å². The molecular formula is C20H25ClN6O3. The van der Waals surface area contributed by atoms with Crippen LogP contribution >= 0.6 is 12.4 Å². The minimum Gasteiger partial charge on any atom is -0.496 e. The van der Waals surface area contributed by atoms with Gasteiger partial charge in [-0.3, -0.25) is 9.48 Å². The van der Waals surface area contributed by atoms with Crippen molar-refractivity contribution in [1.82, 2.24) is 30.6 Å². The number of carbonyl (C=O) groups is 1. The Labute approximate surface area is 180 Å². The molecule has 2 aromatic heterocycles. The molecule has 3 heterocycles. The van der Waals surface area contributed by atoms with Crippen molar-refractivity contribution < 1.29 is 14.1 Å². The number of aromatic nitrogens is 4. The molecule has 0 spiro atoms. The third-order valence-electron chi connectivity index (χ3n) is 5.24. The summed E-state index contributed by atoms with van der Waals surface area (Å²) in [6.07, 6.45) is 3.77. The summed E-state index contributed by atoms with van der Waals surface area (Å²) in [5, 5.41) is 14.7. The minimum absolute atomic E-state index is 0. The lowest BCUT2D eigenvalue weighted by molar-refractivity contribution is -0.125. The van der Waals surface area contributed by atoms with Gasteiger partial charge in [0.1, 0.15) is 11.8 Å². The van der Waals surface area contributed by atoms with Gasteiger partial charge in [0.2, 0.25) is 11.8 Å². The quantitative estimate of drug-likeness (QED) is 0.611. The lowest BCUT2D eigenvalue weighted by atomic mass is 9.89. The van der Waals surface area contributed by atoms with Crippen molar-refractivity contribution in [3.63, 3.8) is 0 Å². The van der Waals surface area contributed by atoms with Crippen molar-refractivity contribution in [3.05, 3.63) is 59.5 Å². The van der Waals surface area contributed by atoms with Gasteiger partial charge in [-0.1, -0.05) is 23.4 Å². The molecule has 2 N–H and O–H groups in total. The van der Waals surface area contributed by atoms with Crippen molar-refractivity contribution in [2.75, 3.05) is 20.2 Å². The second-order valence-electron chi connectivity index (χ2n) is 7.17. The Morgan fingerprint density at radius 1 is 1.37 bits per heavy atom. The van der Waals surface area contributed by atoms with Crippen LogP contribution < -0.4 is 15.4 Å². The first-order valence-corrected chi connectivity index (χ1v) is 9.49. The molecule has 10 heteroatoms. The van der Waals surface area contributed by atoms with Crippen molar-refractivity contribution >= 4 is 18.3 Å². The van der Waals surface area contributed by atoms with E-state index in [0.717, 1.165) is 17.7 Å². The van der Waals surface area contributed by atoms with Gasteiger partial charge in [-0.15, -0.1) is 12.4 Å². The Hall–Kier alpha value is -2.91. The zero-order chi connectivity index (χ0) is 20.4. The van der Waals surface area contributed by atoms with E-state index in [0.29, 0.717) is 24.0 Å². The normalized spacial score (nSPS) is 19.2. The molecule has 1 amide bonds. The summed E-state index contributed by atoms with van der Waals surface area (Å²) in [5.74, 6) is 1.21. The van der Waals surface area contributed by atoms with Crippen molar-refractivity contribution in [1.29, 1.82) is 0 Å². The van der Waals surface area contributed by atoms with Crippen LogP contribution in [-0.4, -0.2) is 46.0 Å². The van der Waals surface area contributed by atoms with E-state index in [9.17, 15) is 4.79 Å². The molecule has 0 saturated carbocycles. The lowest BCUT2D eigenvalue weighted by Gasteiger charge is -2.22. The van der Waals surface area contributed by atoms with Crippen LogP contribution in [0.2, 0.25) is 0 Å². The first-order valence-electron chi connectivity index (χ1n) is 9.49. The van der Waals surface area contributed by atoms with Gasteiger partial charge >= 0.3 is 0 Å². The van der Waals surface area contributed by atoms with Crippen LogP contribution in [0.3, 0.4) is 0 Å². The van der Waals surface area contributed by atoms with Gasteiger partial charge in [-0.05, 0) is 11.6 Å². The molecular weight excluding hydrogens is 408 g/mol. The average molecular weight is 433 g/mol. The predicted molar refractivity (Wildman–Crippen MR) is 112 cm³/mol. The molecule has 1 unspecified atom stereocenters. The molecule has 160 valence electrons. The number of nitrogens with one attached hydrogen (secondary N) is 2. The number of aryl methyl sites for hydroxylation is 2. The first-order chi connectivity index (χ1) is 14.1. The second-order valence-corrected chi connectivity index (χ2v) is 7.17. The number of hydrogen-bond donors (Lipinski definition) is 2. The van der Waals surface area contributed by atoms with Gasteiger partial charge in [0, 0.05) is 44.7 Å². The molecule has 30 heavy (non-hydrogen) atoms.